The smallest absolute Gasteiger partial charge is 0.274 e. The molecule has 0 N–H and O–H groups in total. The minimum Gasteiger partial charge on any atom is -0.372 e. The van der Waals surface area contributed by atoms with Crippen LogP contribution >= 0.6 is 0 Å². The van der Waals surface area contributed by atoms with Crippen LogP contribution in [0.4, 0.5) is 0 Å². The standard InChI is InChI=1S/C27H36N4O3/c1-19-16-30(17-20(2)34-19)27(33)26-23-11-6-12-24(23)31(28-26)18-25(32)29-14-7-10-22(13-15-29)21-8-4-3-5-9-21/h3-5,8-9,19-20,22H,6-7,10-18H2,1-2H3/t19-,20+,22?. The van der Waals surface area contributed by atoms with E-state index in [9.17, 15) is 9.59 Å². The predicted molar refractivity (Wildman–Crippen MR) is 130 cm³/mol. The number of hydrogen-bond donors (Lipinski definition) is 0. The van der Waals surface area contributed by atoms with Crippen molar-refractivity contribution in [1.82, 2.24) is 19.6 Å². The summed E-state index contributed by atoms with van der Waals surface area (Å²) in [6, 6.07) is 10.6. The lowest BCUT2D eigenvalue weighted by molar-refractivity contribution is -0.132. The van der Waals surface area contributed by atoms with Crippen LogP contribution in [0.15, 0.2) is 30.3 Å². The van der Waals surface area contributed by atoms with Gasteiger partial charge in [-0.1, -0.05) is 30.3 Å². The molecule has 0 spiro atoms. The maximum atomic E-state index is 13.4. The Morgan fingerprint density at radius 1 is 0.971 bits per heavy atom. The highest BCUT2D eigenvalue weighted by Gasteiger charge is 2.33. The lowest BCUT2D eigenvalue weighted by atomic mass is 9.92. The van der Waals surface area contributed by atoms with Gasteiger partial charge in [-0.3, -0.25) is 14.3 Å². The number of amides is 2. The van der Waals surface area contributed by atoms with Gasteiger partial charge in [0.15, 0.2) is 5.69 Å². The number of aromatic nitrogens is 2. The molecule has 0 radical (unpaired) electrons. The number of fused-ring (bicyclic) bond motifs is 1. The summed E-state index contributed by atoms with van der Waals surface area (Å²) in [5.41, 5.74) is 4.03. The number of carbonyl (C=O) groups excluding carboxylic acids is 2. The minimum atomic E-state index is -0.0215. The topological polar surface area (TPSA) is 67.7 Å². The number of likely N-dealkylation sites (tertiary alicyclic amines) is 1. The Balaban J connectivity index is 1.27. The zero-order valence-corrected chi connectivity index (χ0v) is 20.4. The van der Waals surface area contributed by atoms with Crippen molar-refractivity contribution in [3.8, 4) is 0 Å². The molecule has 7 nitrogen and oxygen atoms in total. The number of nitrogens with zero attached hydrogens (tertiary/aromatic N) is 4. The molecule has 1 aromatic carbocycles. The molecule has 1 aromatic heterocycles. The van der Waals surface area contributed by atoms with Crippen LogP contribution in [-0.2, 0) is 28.9 Å². The normalized spacial score (nSPS) is 25.2. The Morgan fingerprint density at radius 2 is 1.74 bits per heavy atom. The molecule has 2 saturated heterocycles. The summed E-state index contributed by atoms with van der Waals surface area (Å²) in [6.45, 7) is 6.96. The van der Waals surface area contributed by atoms with Crippen LogP contribution in [0.5, 0.6) is 0 Å². The quantitative estimate of drug-likeness (QED) is 0.695. The van der Waals surface area contributed by atoms with Crippen molar-refractivity contribution >= 4 is 11.8 Å². The molecule has 2 aromatic rings. The van der Waals surface area contributed by atoms with Crippen molar-refractivity contribution < 1.29 is 14.3 Å². The van der Waals surface area contributed by atoms with E-state index in [0.29, 0.717) is 24.7 Å². The van der Waals surface area contributed by atoms with Crippen LogP contribution in [0.2, 0.25) is 0 Å². The Hall–Kier alpha value is -2.67. The fourth-order valence-electron chi connectivity index (χ4n) is 5.94. The second-order valence-electron chi connectivity index (χ2n) is 10.2. The van der Waals surface area contributed by atoms with Crippen molar-refractivity contribution in [1.29, 1.82) is 0 Å². The lowest BCUT2D eigenvalue weighted by Crippen LogP contribution is -2.48. The molecular formula is C27H36N4O3. The van der Waals surface area contributed by atoms with Crippen LogP contribution in [-0.4, -0.2) is 69.8 Å². The molecule has 2 aliphatic heterocycles. The van der Waals surface area contributed by atoms with Crippen molar-refractivity contribution in [3.05, 3.63) is 52.8 Å². The van der Waals surface area contributed by atoms with E-state index in [1.165, 1.54) is 5.56 Å². The monoisotopic (exact) mass is 464 g/mol. The molecule has 0 saturated carbocycles. The predicted octanol–water partition coefficient (Wildman–Crippen LogP) is 3.42. The average molecular weight is 465 g/mol. The van der Waals surface area contributed by atoms with Crippen LogP contribution in [0.25, 0.3) is 0 Å². The number of ether oxygens (including phenoxy) is 1. The van der Waals surface area contributed by atoms with Gasteiger partial charge in [0.05, 0.1) is 12.2 Å². The van der Waals surface area contributed by atoms with E-state index in [4.69, 9.17) is 9.84 Å². The molecule has 3 atom stereocenters. The number of rotatable bonds is 4. The number of morpholine rings is 1. The molecule has 2 fully saturated rings. The van der Waals surface area contributed by atoms with Crippen molar-refractivity contribution in [3.63, 3.8) is 0 Å². The van der Waals surface area contributed by atoms with Gasteiger partial charge < -0.3 is 14.5 Å². The molecule has 1 aliphatic carbocycles. The summed E-state index contributed by atoms with van der Waals surface area (Å²) in [7, 11) is 0. The van der Waals surface area contributed by atoms with Gasteiger partial charge in [-0.2, -0.15) is 5.10 Å². The number of benzene rings is 1. The van der Waals surface area contributed by atoms with Gasteiger partial charge in [-0.05, 0) is 63.9 Å². The van der Waals surface area contributed by atoms with Crippen molar-refractivity contribution in [2.24, 2.45) is 0 Å². The minimum absolute atomic E-state index is 0.0205. The first kappa shape index (κ1) is 23.1. The van der Waals surface area contributed by atoms with Crippen LogP contribution in [0.3, 0.4) is 0 Å². The van der Waals surface area contributed by atoms with Gasteiger partial charge in [0.2, 0.25) is 5.91 Å². The van der Waals surface area contributed by atoms with Gasteiger partial charge in [0.1, 0.15) is 6.54 Å². The molecule has 0 bridgehead atoms. The lowest BCUT2D eigenvalue weighted by Gasteiger charge is -2.35. The Labute approximate surface area is 202 Å². The maximum Gasteiger partial charge on any atom is 0.274 e. The summed E-state index contributed by atoms with van der Waals surface area (Å²) in [5, 5.41) is 4.71. The molecule has 3 heterocycles. The van der Waals surface area contributed by atoms with Crippen molar-refractivity contribution in [2.75, 3.05) is 26.2 Å². The third-order valence-corrected chi connectivity index (χ3v) is 7.55. The largest absolute Gasteiger partial charge is 0.372 e. The summed E-state index contributed by atoms with van der Waals surface area (Å²) < 4.78 is 7.62. The molecule has 182 valence electrons. The van der Waals surface area contributed by atoms with Gasteiger partial charge in [-0.15, -0.1) is 0 Å². The van der Waals surface area contributed by atoms with E-state index in [2.05, 4.69) is 30.3 Å². The molecule has 34 heavy (non-hydrogen) atoms. The zero-order chi connectivity index (χ0) is 23.7. The van der Waals surface area contributed by atoms with E-state index in [1.807, 2.05) is 28.3 Å². The first-order valence-corrected chi connectivity index (χ1v) is 12.9. The number of carbonyl (C=O) groups is 2. The Bertz CT molecular complexity index is 1020. The van der Waals surface area contributed by atoms with Crippen LogP contribution < -0.4 is 0 Å². The molecular weight excluding hydrogens is 428 g/mol. The molecule has 2 amide bonds. The Morgan fingerprint density at radius 3 is 2.50 bits per heavy atom. The molecule has 1 unspecified atom stereocenters. The second kappa shape index (κ2) is 9.90. The highest BCUT2D eigenvalue weighted by Crippen LogP contribution is 2.29. The van der Waals surface area contributed by atoms with E-state index in [-0.39, 0.29) is 30.6 Å². The highest BCUT2D eigenvalue weighted by atomic mass is 16.5. The van der Waals surface area contributed by atoms with E-state index >= 15 is 0 Å². The molecule has 7 heteroatoms. The van der Waals surface area contributed by atoms with Crippen LogP contribution in [0.1, 0.15) is 72.8 Å². The average Bonchev–Trinajstić information content (AvgIpc) is 3.34. The zero-order valence-electron chi connectivity index (χ0n) is 20.4. The summed E-state index contributed by atoms with van der Waals surface area (Å²) in [6.07, 6.45) is 5.92. The van der Waals surface area contributed by atoms with E-state index < -0.39 is 0 Å². The van der Waals surface area contributed by atoms with Crippen molar-refractivity contribution in [2.45, 2.75) is 77.0 Å². The van der Waals surface area contributed by atoms with Gasteiger partial charge in [0.25, 0.3) is 5.91 Å². The Kier molecular flexibility index (Phi) is 6.73. The summed E-state index contributed by atoms with van der Waals surface area (Å²) in [4.78, 5) is 30.5. The maximum absolute atomic E-state index is 13.4. The van der Waals surface area contributed by atoms with Gasteiger partial charge in [0, 0.05) is 37.4 Å². The second-order valence-corrected chi connectivity index (χ2v) is 10.2. The fraction of sp³-hybridized carbons (Fsp3) is 0.593. The first-order chi connectivity index (χ1) is 16.5. The van der Waals surface area contributed by atoms with Gasteiger partial charge in [-0.25, -0.2) is 0 Å². The molecule has 3 aliphatic rings. The summed E-state index contributed by atoms with van der Waals surface area (Å²) >= 11 is 0. The first-order valence-electron chi connectivity index (χ1n) is 12.9. The summed E-state index contributed by atoms with van der Waals surface area (Å²) in [5.74, 6) is 0.598. The fourth-order valence-corrected chi connectivity index (χ4v) is 5.94. The third kappa shape index (κ3) is 4.76. The van der Waals surface area contributed by atoms with E-state index in [0.717, 1.165) is 62.9 Å². The SMILES string of the molecule is C[C@@H]1CN(C(=O)c2nn(CC(=O)N3CCCC(c4ccccc4)CC3)c3c2CCC3)C[C@H](C)O1. The highest BCUT2D eigenvalue weighted by molar-refractivity contribution is 5.94. The van der Waals surface area contributed by atoms with Crippen LogP contribution in [0, 0.1) is 0 Å². The van der Waals surface area contributed by atoms with E-state index in [1.54, 1.807) is 0 Å². The third-order valence-electron chi connectivity index (χ3n) is 7.55. The molecule has 5 rings (SSSR count). The number of hydrogen-bond acceptors (Lipinski definition) is 4. The van der Waals surface area contributed by atoms with Gasteiger partial charge >= 0.3 is 0 Å².